The minimum atomic E-state index is -1.92. The zero-order chi connectivity index (χ0) is 41.5. The van der Waals surface area contributed by atoms with Crippen molar-refractivity contribution in [2.45, 2.75) is 154 Å². The van der Waals surface area contributed by atoms with E-state index in [0.29, 0.717) is 24.7 Å². The van der Waals surface area contributed by atoms with Crippen LogP contribution in [0.25, 0.3) is 0 Å². The predicted molar refractivity (Wildman–Crippen MR) is 224 cm³/mol. The van der Waals surface area contributed by atoms with Crippen LogP contribution in [0.5, 0.6) is 11.5 Å². The molecule has 0 aromatic heterocycles. The fraction of sp³-hybridized carbons (Fsp3) is 0.667. The number of benzene rings is 2. The van der Waals surface area contributed by atoms with Crippen molar-refractivity contribution in [1.29, 1.82) is 0 Å². The minimum Gasteiger partial charge on any atom is -0.494 e. The van der Waals surface area contributed by atoms with Gasteiger partial charge in [-0.15, -0.1) is 0 Å². The van der Waals surface area contributed by atoms with E-state index < -0.39 is 36.1 Å². The van der Waals surface area contributed by atoms with Crippen LogP contribution in [0, 0.1) is 23.7 Å². The molecule has 10 heteroatoms. The fourth-order valence-electron chi connectivity index (χ4n) is 8.55. The van der Waals surface area contributed by atoms with Crippen LogP contribution in [-0.2, 0) is 28.5 Å². The highest BCUT2D eigenvalue weighted by atomic mass is 16.6. The summed E-state index contributed by atoms with van der Waals surface area (Å²) >= 11 is 0. The van der Waals surface area contributed by atoms with E-state index in [9.17, 15) is 19.2 Å². The topological polar surface area (TPSA) is 124 Å². The Labute approximate surface area is 347 Å². The van der Waals surface area contributed by atoms with Crippen molar-refractivity contribution in [2.75, 3.05) is 27.4 Å². The van der Waals surface area contributed by atoms with Crippen molar-refractivity contribution < 1.29 is 47.6 Å². The Morgan fingerprint density at radius 1 is 0.483 bits per heavy atom. The molecule has 2 aromatic rings. The molecule has 58 heavy (non-hydrogen) atoms. The molecule has 2 atom stereocenters. The first-order valence-corrected chi connectivity index (χ1v) is 22.3. The molecule has 0 heterocycles. The Morgan fingerprint density at radius 2 is 0.793 bits per heavy atom. The van der Waals surface area contributed by atoms with Gasteiger partial charge < -0.3 is 28.4 Å². The molecular weight excluding hydrogens is 737 g/mol. The first-order valence-electron chi connectivity index (χ1n) is 22.3. The van der Waals surface area contributed by atoms with Gasteiger partial charge in [-0.1, -0.05) is 117 Å². The second-order valence-electron chi connectivity index (χ2n) is 16.5. The molecule has 0 bridgehead atoms. The Kier molecular flexibility index (Phi) is 21.0. The molecule has 10 nitrogen and oxygen atoms in total. The molecule has 0 saturated heterocycles. The third-order valence-corrected chi connectivity index (χ3v) is 12.2. The number of hydrogen-bond donors (Lipinski definition) is 0. The second kappa shape index (κ2) is 26.1. The normalized spacial score (nSPS) is 20.3. The maximum absolute atomic E-state index is 13.2. The van der Waals surface area contributed by atoms with Gasteiger partial charge in [0.05, 0.1) is 38.6 Å². The zero-order valence-corrected chi connectivity index (χ0v) is 35.7. The Bertz CT molecular complexity index is 1380. The third-order valence-electron chi connectivity index (χ3n) is 12.2. The minimum absolute atomic E-state index is 0.104. The third kappa shape index (κ3) is 15.9. The van der Waals surface area contributed by atoms with Crippen LogP contribution in [-0.4, -0.2) is 63.5 Å². The van der Waals surface area contributed by atoms with Crippen molar-refractivity contribution in [3.8, 4) is 11.5 Å². The van der Waals surface area contributed by atoms with Gasteiger partial charge in [0.15, 0.2) is 0 Å². The summed E-state index contributed by atoms with van der Waals surface area (Å²) in [6.45, 7) is 5.67. The van der Waals surface area contributed by atoms with E-state index >= 15 is 0 Å². The first kappa shape index (κ1) is 46.6. The van der Waals surface area contributed by atoms with Crippen LogP contribution in [0.2, 0.25) is 0 Å². The van der Waals surface area contributed by atoms with Gasteiger partial charge >= 0.3 is 23.9 Å². The van der Waals surface area contributed by atoms with Gasteiger partial charge in [0, 0.05) is 0 Å². The van der Waals surface area contributed by atoms with Crippen molar-refractivity contribution in [2.24, 2.45) is 23.7 Å². The lowest BCUT2D eigenvalue weighted by Crippen LogP contribution is -2.47. The van der Waals surface area contributed by atoms with Gasteiger partial charge in [-0.05, 0) is 97.9 Å². The number of carbonyl (C=O) groups is 4. The maximum atomic E-state index is 13.2. The maximum Gasteiger partial charge on any atom is 0.351 e. The number of ether oxygens (including phenoxy) is 6. The zero-order valence-electron chi connectivity index (χ0n) is 35.7. The number of rotatable bonds is 25. The molecule has 2 fully saturated rings. The molecule has 2 aliphatic rings. The van der Waals surface area contributed by atoms with E-state index in [1.165, 1.54) is 127 Å². The quantitative estimate of drug-likeness (QED) is 0.0544. The molecule has 2 aromatic carbocycles. The number of esters is 4. The van der Waals surface area contributed by atoms with Crippen molar-refractivity contribution in [3.05, 3.63) is 59.7 Å². The lowest BCUT2D eigenvalue weighted by atomic mass is 9.78. The molecule has 4 rings (SSSR count). The van der Waals surface area contributed by atoms with E-state index in [-0.39, 0.29) is 11.1 Å². The highest BCUT2D eigenvalue weighted by Crippen LogP contribution is 2.35. The summed E-state index contributed by atoms with van der Waals surface area (Å²) in [5, 5.41) is 0. The van der Waals surface area contributed by atoms with Gasteiger partial charge in [-0.25, -0.2) is 19.2 Å². The van der Waals surface area contributed by atoms with Gasteiger partial charge in [-0.3, -0.25) is 0 Å². The van der Waals surface area contributed by atoms with Crippen LogP contribution in [0.15, 0.2) is 48.5 Å². The van der Waals surface area contributed by atoms with Crippen molar-refractivity contribution in [1.82, 2.24) is 0 Å². The number of methoxy groups -OCH3 is 2. The van der Waals surface area contributed by atoms with Gasteiger partial charge in [-0.2, -0.15) is 0 Å². The molecule has 0 unspecified atom stereocenters. The summed E-state index contributed by atoms with van der Waals surface area (Å²) in [5.41, 5.74) is 0.209. The smallest absolute Gasteiger partial charge is 0.351 e. The van der Waals surface area contributed by atoms with E-state index in [1.54, 1.807) is 24.3 Å². The Balaban J connectivity index is 1.21. The van der Waals surface area contributed by atoms with E-state index in [2.05, 4.69) is 13.8 Å². The Hall–Kier alpha value is -4.08. The molecular formula is C48H70O10. The predicted octanol–water partition coefficient (Wildman–Crippen LogP) is 10.9. The largest absolute Gasteiger partial charge is 0.494 e. The van der Waals surface area contributed by atoms with Crippen LogP contribution in [0.3, 0.4) is 0 Å². The van der Waals surface area contributed by atoms with Crippen molar-refractivity contribution in [3.63, 3.8) is 0 Å². The molecule has 0 spiro atoms. The summed E-state index contributed by atoms with van der Waals surface area (Å²) in [5.74, 6) is 0.495. The van der Waals surface area contributed by atoms with Crippen LogP contribution < -0.4 is 9.47 Å². The number of unbranched alkanes of at least 4 members (excludes halogenated alkanes) is 4. The first-order chi connectivity index (χ1) is 28.2. The lowest BCUT2D eigenvalue weighted by molar-refractivity contribution is -0.170. The highest BCUT2D eigenvalue weighted by molar-refractivity contribution is 5.96. The van der Waals surface area contributed by atoms with E-state index in [4.69, 9.17) is 28.4 Å². The summed E-state index contributed by atoms with van der Waals surface area (Å²) in [7, 11) is 2.15. The summed E-state index contributed by atoms with van der Waals surface area (Å²) in [6.07, 6.45) is 21.7. The van der Waals surface area contributed by atoms with E-state index in [1.807, 2.05) is 0 Å². The molecule has 0 aliphatic heterocycles. The molecule has 0 N–H and O–H groups in total. The van der Waals surface area contributed by atoms with Crippen molar-refractivity contribution >= 4 is 23.9 Å². The van der Waals surface area contributed by atoms with Gasteiger partial charge in [0.2, 0.25) is 12.2 Å². The monoisotopic (exact) mass is 806 g/mol. The Morgan fingerprint density at radius 3 is 1.09 bits per heavy atom. The standard InChI is InChI=1S/C48H70O10/c1-5-7-9-13-35-17-21-37(22-18-35)15-11-33-55-41-29-25-39(26-30-41)45(49)57-43(47(51)53-3)44(48(52)54-4)58-46(50)40-27-31-42(32-28-40)56-34-12-16-38-23-19-36(20-24-38)14-10-8-6-2/h25-32,35-38,43-44H,5-24,33-34H2,1-4H3/t35-,36-,37-,38-,43-,44-/m1/s1. The van der Waals surface area contributed by atoms with Crippen LogP contribution >= 0.6 is 0 Å². The van der Waals surface area contributed by atoms with Gasteiger partial charge in [0.25, 0.3) is 0 Å². The number of hydrogen-bond acceptors (Lipinski definition) is 10. The van der Waals surface area contributed by atoms with Gasteiger partial charge in [0.1, 0.15) is 11.5 Å². The molecule has 322 valence electrons. The summed E-state index contributed by atoms with van der Waals surface area (Å²) in [4.78, 5) is 52.1. The second-order valence-corrected chi connectivity index (χ2v) is 16.5. The summed E-state index contributed by atoms with van der Waals surface area (Å²) in [6, 6.07) is 12.6. The van der Waals surface area contributed by atoms with Crippen LogP contribution in [0.1, 0.15) is 163 Å². The lowest BCUT2D eigenvalue weighted by Gasteiger charge is -2.28. The summed E-state index contributed by atoms with van der Waals surface area (Å²) < 4.78 is 32.4. The molecule has 0 radical (unpaired) electrons. The fourth-order valence-corrected chi connectivity index (χ4v) is 8.55. The highest BCUT2D eigenvalue weighted by Gasteiger charge is 2.42. The average Bonchev–Trinajstić information content (AvgIpc) is 3.26. The van der Waals surface area contributed by atoms with E-state index in [0.717, 1.165) is 63.6 Å². The number of carbonyl (C=O) groups excluding carboxylic acids is 4. The van der Waals surface area contributed by atoms with Crippen LogP contribution in [0.4, 0.5) is 0 Å². The SMILES string of the molecule is CCCCC[C@H]1CC[C@H](CCCOc2ccc(C(=O)O[C@@H](C(=O)OC)[C@@H](OC(=O)c3ccc(OCCC[C@H]4CC[C@H](CCCCC)CC4)cc3)C(=O)OC)cc2)CC1. The average molecular weight is 807 g/mol. The molecule has 2 saturated carbocycles. The molecule has 2 aliphatic carbocycles. The molecule has 0 amide bonds.